The zero-order valence-electron chi connectivity index (χ0n) is 18.1. The Balaban J connectivity index is 1.57. The van der Waals surface area contributed by atoms with E-state index in [1.165, 1.54) is 4.68 Å². The van der Waals surface area contributed by atoms with E-state index in [4.69, 9.17) is 4.74 Å². The molecule has 0 atom stereocenters. The van der Waals surface area contributed by atoms with Crippen LogP contribution in [0.4, 0.5) is 5.69 Å². The van der Waals surface area contributed by atoms with Crippen LogP contribution >= 0.6 is 0 Å². The molecule has 31 heavy (non-hydrogen) atoms. The number of aromatic nitrogens is 2. The quantitative estimate of drug-likeness (QED) is 0.613. The van der Waals surface area contributed by atoms with Crippen LogP contribution in [-0.4, -0.2) is 53.9 Å². The Labute approximate surface area is 181 Å². The van der Waals surface area contributed by atoms with Crippen LogP contribution in [0.1, 0.15) is 30.3 Å². The van der Waals surface area contributed by atoms with Gasteiger partial charge in [0, 0.05) is 49.9 Å². The summed E-state index contributed by atoms with van der Waals surface area (Å²) < 4.78 is 6.78. The van der Waals surface area contributed by atoms with Gasteiger partial charge < -0.3 is 14.5 Å². The van der Waals surface area contributed by atoms with Gasteiger partial charge >= 0.3 is 0 Å². The van der Waals surface area contributed by atoms with Crippen LogP contribution in [-0.2, 0) is 6.54 Å². The van der Waals surface area contributed by atoms with Gasteiger partial charge in [-0.3, -0.25) is 9.59 Å². The summed E-state index contributed by atoms with van der Waals surface area (Å²) in [5.74, 6) is 0.702. The van der Waals surface area contributed by atoms with Crippen LogP contribution in [0.15, 0.2) is 53.3 Å². The first-order valence-corrected chi connectivity index (χ1v) is 10.8. The lowest BCUT2D eigenvalue weighted by atomic mass is 10.1. The van der Waals surface area contributed by atoms with Crippen molar-refractivity contribution in [3.63, 3.8) is 0 Å². The Hall–Kier alpha value is -3.35. The molecular formula is C24H28N4O3. The molecule has 7 nitrogen and oxygen atoms in total. The second-order valence-corrected chi connectivity index (χ2v) is 7.76. The molecule has 3 aromatic rings. The summed E-state index contributed by atoms with van der Waals surface area (Å²) in [7, 11) is 1.66. The number of hydrogen-bond acceptors (Lipinski definition) is 5. The number of fused-ring (bicyclic) bond motifs is 1. The van der Waals surface area contributed by atoms with Gasteiger partial charge in [-0.2, -0.15) is 5.10 Å². The van der Waals surface area contributed by atoms with E-state index in [1.54, 1.807) is 13.2 Å². The lowest BCUT2D eigenvalue weighted by molar-refractivity contribution is 0.0740. The zero-order chi connectivity index (χ0) is 21.8. The van der Waals surface area contributed by atoms with Crippen molar-refractivity contribution in [3.8, 4) is 5.75 Å². The molecule has 1 amide bonds. The molecule has 0 radical (unpaired) electrons. The number of ether oxygens (including phenoxy) is 1. The predicted molar refractivity (Wildman–Crippen MR) is 122 cm³/mol. The maximum Gasteiger partial charge on any atom is 0.275 e. The van der Waals surface area contributed by atoms with E-state index >= 15 is 0 Å². The van der Waals surface area contributed by atoms with Gasteiger partial charge in [0.1, 0.15) is 5.75 Å². The standard InChI is InChI=1S/C24H28N4O3/c1-3-4-12-28-23(29)21-11-6-5-10-20(21)22(25-28)24(30)27-15-13-26(14-16-27)18-8-7-9-19(17-18)31-2/h5-11,17H,3-4,12-16H2,1-2H3. The SMILES string of the molecule is CCCCn1nc(C(=O)N2CCN(c3cccc(OC)c3)CC2)c2ccccc2c1=O. The van der Waals surface area contributed by atoms with Gasteiger partial charge in [-0.25, -0.2) is 4.68 Å². The molecule has 1 aliphatic rings. The summed E-state index contributed by atoms with van der Waals surface area (Å²) in [5, 5.41) is 5.67. The molecule has 0 aliphatic carbocycles. The largest absolute Gasteiger partial charge is 0.497 e. The molecule has 1 aliphatic heterocycles. The topological polar surface area (TPSA) is 67.7 Å². The second-order valence-electron chi connectivity index (χ2n) is 7.76. The summed E-state index contributed by atoms with van der Waals surface area (Å²) in [4.78, 5) is 30.3. The number of unbranched alkanes of at least 4 members (excludes halogenated alkanes) is 1. The van der Waals surface area contributed by atoms with E-state index in [9.17, 15) is 9.59 Å². The van der Waals surface area contributed by atoms with Gasteiger partial charge in [-0.15, -0.1) is 0 Å². The Morgan fingerprint density at radius 3 is 2.48 bits per heavy atom. The molecule has 162 valence electrons. The molecular weight excluding hydrogens is 392 g/mol. The van der Waals surface area contributed by atoms with Crippen molar-refractivity contribution >= 4 is 22.4 Å². The zero-order valence-corrected chi connectivity index (χ0v) is 18.1. The Bertz CT molecular complexity index is 1130. The van der Waals surface area contributed by atoms with Gasteiger partial charge in [0.05, 0.1) is 12.5 Å². The van der Waals surface area contributed by atoms with Gasteiger partial charge in [0.25, 0.3) is 11.5 Å². The molecule has 2 aromatic carbocycles. The lowest BCUT2D eigenvalue weighted by Gasteiger charge is -2.36. The van der Waals surface area contributed by atoms with Crippen molar-refractivity contribution in [1.82, 2.24) is 14.7 Å². The molecule has 1 saturated heterocycles. The van der Waals surface area contributed by atoms with Crippen molar-refractivity contribution in [2.45, 2.75) is 26.3 Å². The number of carbonyl (C=O) groups excluding carboxylic acids is 1. The third-order valence-electron chi connectivity index (χ3n) is 5.78. The Morgan fingerprint density at radius 2 is 1.77 bits per heavy atom. The highest BCUT2D eigenvalue weighted by Crippen LogP contribution is 2.23. The molecule has 0 bridgehead atoms. The first-order chi connectivity index (χ1) is 15.1. The number of aryl methyl sites for hydroxylation is 1. The average molecular weight is 421 g/mol. The van der Waals surface area contributed by atoms with E-state index in [2.05, 4.69) is 23.0 Å². The number of hydrogen-bond donors (Lipinski definition) is 0. The summed E-state index contributed by atoms with van der Waals surface area (Å²) in [6, 6.07) is 15.2. The highest BCUT2D eigenvalue weighted by atomic mass is 16.5. The normalized spacial score (nSPS) is 14.1. The fraction of sp³-hybridized carbons (Fsp3) is 0.375. The minimum absolute atomic E-state index is 0.119. The summed E-state index contributed by atoms with van der Waals surface area (Å²) in [6.45, 7) is 5.24. The van der Waals surface area contributed by atoms with E-state index in [-0.39, 0.29) is 11.5 Å². The van der Waals surface area contributed by atoms with Crippen molar-refractivity contribution in [3.05, 3.63) is 64.6 Å². The number of nitrogens with zero attached hydrogens (tertiary/aromatic N) is 4. The van der Waals surface area contributed by atoms with Gasteiger partial charge in [0.15, 0.2) is 5.69 Å². The predicted octanol–water partition coefficient (Wildman–Crippen LogP) is 3.17. The van der Waals surface area contributed by atoms with Gasteiger partial charge in [-0.05, 0) is 24.6 Å². The van der Waals surface area contributed by atoms with Crippen LogP contribution in [0.2, 0.25) is 0 Å². The van der Waals surface area contributed by atoms with E-state index in [1.807, 2.05) is 41.3 Å². The minimum Gasteiger partial charge on any atom is -0.497 e. The number of methoxy groups -OCH3 is 1. The first kappa shape index (κ1) is 20.9. The number of carbonyl (C=O) groups is 1. The number of rotatable bonds is 6. The van der Waals surface area contributed by atoms with Crippen LogP contribution in [0.5, 0.6) is 5.75 Å². The van der Waals surface area contributed by atoms with Crippen molar-refractivity contribution in [1.29, 1.82) is 0 Å². The van der Waals surface area contributed by atoms with E-state index in [0.29, 0.717) is 36.1 Å². The van der Waals surface area contributed by atoms with Gasteiger partial charge in [0.2, 0.25) is 0 Å². The molecule has 1 fully saturated rings. The minimum atomic E-state index is -0.136. The number of anilines is 1. The fourth-order valence-electron chi connectivity index (χ4n) is 3.98. The highest BCUT2D eigenvalue weighted by Gasteiger charge is 2.26. The molecule has 0 spiro atoms. The van der Waals surface area contributed by atoms with Crippen LogP contribution in [0.25, 0.3) is 10.8 Å². The second kappa shape index (κ2) is 9.20. The number of piperazine rings is 1. The summed E-state index contributed by atoms with van der Waals surface area (Å²) in [6.07, 6.45) is 1.80. The maximum absolute atomic E-state index is 13.4. The fourth-order valence-corrected chi connectivity index (χ4v) is 3.98. The van der Waals surface area contributed by atoms with Crippen molar-refractivity contribution in [2.75, 3.05) is 38.2 Å². The molecule has 7 heteroatoms. The third-order valence-corrected chi connectivity index (χ3v) is 5.78. The van der Waals surface area contributed by atoms with Crippen LogP contribution < -0.4 is 15.2 Å². The van der Waals surface area contributed by atoms with E-state index < -0.39 is 0 Å². The highest BCUT2D eigenvalue weighted by molar-refractivity contribution is 6.04. The molecule has 0 unspecified atom stereocenters. The number of benzene rings is 2. The smallest absolute Gasteiger partial charge is 0.275 e. The Morgan fingerprint density at radius 1 is 1.03 bits per heavy atom. The van der Waals surface area contributed by atoms with E-state index in [0.717, 1.165) is 37.4 Å². The first-order valence-electron chi connectivity index (χ1n) is 10.8. The van der Waals surface area contributed by atoms with Crippen molar-refractivity contribution < 1.29 is 9.53 Å². The summed E-state index contributed by atoms with van der Waals surface area (Å²) in [5.41, 5.74) is 1.31. The van der Waals surface area contributed by atoms with Crippen LogP contribution in [0, 0.1) is 0 Å². The average Bonchev–Trinajstić information content (AvgIpc) is 2.83. The number of amides is 1. The molecule has 0 saturated carbocycles. The van der Waals surface area contributed by atoms with Gasteiger partial charge in [-0.1, -0.05) is 37.6 Å². The van der Waals surface area contributed by atoms with Crippen LogP contribution in [0.3, 0.4) is 0 Å². The summed E-state index contributed by atoms with van der Waals surface area (Å²) >= 11 is 0. The molecule has 2 heterocycles. The van der Waals surface area contributed by atoms with Crippen molar-refractivity contribution in [2.24, 2.45) is 0 Å². The monoisotopic (exact) mass is 420 g/mol. The molecule has 1 aromatic heterocycles. The Kier molecular flexibility index (Phi) is 6.21. The third kappa shape index (κ3) is 4.26. The molecule has 0 N–H and O–H groups in total. The lowest BCUT2D eigenvalue weighted by Crippen LogP contribution is -2.49. The molecule has 4 rings (SSSR count). The maximum atomic E-state index is 13.4.